The van der Waals surface area contributed by atoms with E-state index >= 15 is 0 Å². The van der Waals surface area contributed by atoms with Gasteiger partial charge in [-0.3, -0.25) is 4.55 Å². The van der Waals surface area contributed by atoms with Crippen LogP contribution in [-0.4, -0.2) is 17.5 Å². The Kier molecular flexibility index (Phi) is 5.96. The van der Waals surface area contributed by atoms with Gasteiger partial charge in [-0.2, -0.15) is 0 Å². The summed E-state index contributed by atoms with van der Waals surface area (Å²) < 4.78 is 72.6. The summed E-state index contributed by atoms with van der Waals surface area (Å²) >= 11 is 0. The van der Waals surface area contributed by atoms with Gasteiger partial charge < -0.3 is 4.55 Å². The molecule has 1 aromatic heterocycles. The van der Waals surface area contributed by atoms with Crippen LogP contribution >= 0.6 is 10.5 Å². The predicted molar refractivity (Wildman–Crippen MR) is 78.6 cm³/mol. The minimum atomic E-state index is -4.92. The predicted octanol–water partition coefficient (Wildman–Crippen LogP) is 4.27. The van der Waals surface area contributed by atoms with Crippen LogP contribution in [0.3, 0.4) is 0 Å². The van der Waals surface area contributed by atoms with Gasteiger partial charge in [0.1, 0.15) is 0 Å². The van der Waals surface area contributed by atoms with Crippen LogP contribution in [-0.2, 0) is 22.3 Å². The van der Waals surface area contributed by atoms with Gasteiger partial charge in [-0.15, -0.1) is 13.2 Å². The molecule has 2 rings (SSSR count). The second kappa shape index (κ2) is 6.95. The van der Waals surface area contributed by atoms with Crippen molar-refractivity contribution >= 4 is 31.0 Å². The van der Waals surface area contributed by atoms with Crippen molar-refractivity contribution in [3.05, 3.63) is 35.2 Å². The van der Waals surface area contributed by atoms with Crippen molar-refractivity contribution in [1.82, 2.24) is 0 Å². The molecule has 2 aromatic rings. The largest absolute Gasteiger partial charge is 0.726 e. The summed E-state index contributed by atoms with van der Waals surface area (Å²) in [5.74, 6) is 0.243. The lowest BCUT2D eigenvalue weighted by molar-refractivity contribution is -0.0867. The van der Waals surface area contributed by atoms with Crippen LogP contribution in [0.1, 0.15) is 18.7 Å². The number of rotatable bonds is 2. The summed E-state index contributed by atoms with van der Waals surface area (Å²) in [4.78, 5) is 0.522. The fourth-order valence-corrected chi connectivity index (χ4v) is 4.13. The summed E-state index contributed by atoms with van der Waals surface area (Å²) in [7, 11) is -6.63. The number of benzene rings is 1. The van der Waals surface area contributed by atoms with Gasteiger partial charge in [0.05, 0.1) is 10.5 Å². The van der Waals surface area contributed by atoms with Crippen LogP contribution in [0.25, 0.3) is 10.1 Å². The van der Waals surface area contributed by atoms with E-state index in [9.17, 15) is 13.2 Å². The molecule has 1 atom stereocenters. The molecule has 4 nitrogen and oxygen atoms in total. The Morgan fingerprint density at radius 1 is 1.27 bits per heavy atom. The first-order valence-electron chi connectivity index (χ1n) is 6.18. The highest BCUT2D eigenvalue weighted by Gasteiger charge is 2.47. The Morgan fingerprint density at radius 3 is 2.23 bits per heavy atom. The summed E-state index contributed by atoms with van der Waals surface area (Å²) in [6.45, 7) is 3.89. The molecule has 0 aliphatic rings. The van der Waals surface area contributed by atoms with Crippen molar-refractivity contribution in [3.8, 4) is 0 Å². The Morgan fingerprint density at radius 2 is 1.77 bits per heavy atom. The number of halogens is 3. The average molecular weight is 356 g/mol. The fourth-order valence-electron chi connectivity index (χ4n) is 1.98. The van der Waals surface area contributed by atoms with Gasteiger partial charge in [-0.25, -0.2) is 8.42 Å². The first kappa shape index (κ1) is 18.9. The molecular weight excluding hydrogens is 341 g/mol. The maximum atomic E-state index is 13.1. The van der Waals surface area contributed by atoms with Gasteiger partial charge in [0.2, 0.25) is 10.4 Å². The van der Waals surface area contributed by atoms with Crippen LogP contribution < -0.4 is 0 Å². The average Bonchev–Trinajstić information content (AvgIpc) is 2.62. The molecule has 0 aliphatic carbocycles. The quantitative estimate of drug-likeness (QED) is 0.495. The molecule has 0 saturated carbocycles. The zero-order chi connectivity index (χ0) is 17.1. The van der Waals surface area contributed by atoms with Gasteiger partial charge in [-0.1, -0.05) is 26.0 Å². The number of hydrogen-bond acceptors (Lipinski definition) is 3. The molecule has 22 heavy (non-hydrogen) atoms. The zero-order valence-corrected chi connectivity index (χ0v) is 13.4. The molecule has 0 amide bonds. The van der Waals surface area contributed by atoms with Crippen LogP contribution in [0.4, 0.5) is 13.2 Å². The second-order valence-corrected chi connectivity index (χ2v) is 7.82. The van der Waals surface area contributed by atoms with Gasteiger partial charge in [0.25, 0.3) is 0 Å². The summed E-state index contributed by atoms with van der Waals surface area (Å²) in [5.41, 5.74) is -4.16. The molecule has 0 radical (unpaired) electrons. The Bertz CT molecular complexity index is 725. The van der Waals surface area contributed by atoms with E-state index in [0.29, 0.717) is 16.0 Å². The lowest BCUT2D eigenvalue weighted by Crippen LogP contribution is -2.00. The SMILES string of the molecule is CC(C)Cc1cc2ccccc2[s+]1C(F)(F)F.O=S(=O)([O-])O. The number of alkyl halides is 3. The van der Waals surface area contributed by atoms with Crippen LogP contribution in [0.5, 0.6) is 0 Å². The van der Waals surface area contributed by atoms with Crippen LogP contribution in [0.2, 0.25) is 0 Å². The Labute approximate surface area is 129 Å². The second-order valence-electron chi connectivity index (χ2n) is 4.93. The van der Waals surface area contributed by atoms with E-state index in [2.05, 4.69) is 0 Å². The van der Waals surface area contributed by atoms with E-state index in [0.717, 1.165) is 5.39 Å². The third-order valence-electron chi connectivity index (χ3n) is 2.56. The van der Waals surface area contributed by atoms with E-state index in [4.69, 9.17) is 17.5 Å². The lowest BCUT2D eigenvalue weighted by Gasteiger charge is -2.02. The van der Waals surface area contributed by atoms with Gasteiger partial charge >= 0.3 is 5.51 Å². The lowest BCUT2D eigenvalue weighted by atomic mass is 10.1. The molecule has 0 aliphatic heterocycles. The molecular formula is C13H15F3O4S2. The topological polar surface area (TPSA) is 77.4 Å². The summed E-state index contributed by atoms with van der Waals surface area (Å²) in [5, 5.41) is 0.726. The van der Waals surface area contributed by atoms with Crippen molar-refractivity contribution in [3.63, 3.8) is 0 Å². The minimum Gasteiger partial charge on any atom is -0.726 e. The molecule has 0 bridgehead atoms. The smallest absolute Gasteiger partial charge is 0.600 e. The third-order valence-corrected chi connectivity index (χ3v) is 4.64. The number of hydrogen-bond donors (Lipinski definition) is 1. The molecule has 1 aromatic carbocycles. The fraction of sp³-hybridized carbons (Fsp3) is 0.385. The maximum absolute atomic E-state index is 13.1. The van der Waals surface area contributed by atoms with E-state index < -0.39 is 26.4 Å². The first-order chi connectivity index (χ1) is 9.89. The van der Waals surface area contributed by atoms with Gasteiger partial charge in [-0.05, 0) is 18.1 Å². The minimum absolute atomic E-state index is 0.243. The van der Waals surface area contributed by atoms with E-state index in [1.807, 2.05) is 13.8 Å². The highest BCUT2D eigenvalue weighted by molar-refractivity contribution is 7.79. The number of fused-ring (bicyclic) bond motifs is 1. The van der Waals surface area contributed by atoms with Crippen molar-refractivity contribution in [2.24, 2.45) is 5.92 Å². The van der Waals surface area contributed by atoms with Crippen LogP contribution in [0, 0.1) is 5.92 Å². The molecule has 0 fully saturated rings. The zero-order valence-electron chi connectivity index (χ0n) is 11.8. The molecule has 124 valence electrons. The van der Waals surface area contributed by atoms with Crippen molar-refractivity contribution in [2.75, 3.05) is 0 Å². The van der Waals surface area contributed by atoms with Crippen molar-refractivity contribution in [2.45, 2.75) is 25.8 Å². The van der Waals surface area contributed by atoms with E-state index in [1.54, 1.807) is 30.3 Å². The molecule has 0 saturated heterocycles. The van der Waals surface area contributed by atoms with Crippen LogP contribution in [0.15, 0.2) is 30.3 Å². The molecule has 9 heteroatoms. The standard InChI is InChI=1S/C13H14F3S.H2O4S/c1-9(2)7-11-8-10-5-3-4-6-12(10)17(11)13(14,15)16;1-5(2,3)4/h3-6,8-9H,7H2,1-2H3;(H2,1,2,3,4)/q+1;/p-1. The maximum Gasteiger partial charge on any atom is 0.600 e. The van der Waals surface area contributed by atoms with Gasteiger partial charge in [0.15, 0.2) is 9.58 Å². The Balaban J connectivity index is 0.000000422. The van der Waals surface area contributed by atoms with Crippen molar-refractivity contribution in [1.29, 1.82) is 0 Å². The number of thiophene rings is 1. The Hall–Kier alpha value is -1.16. The highest BCUT2D eigenvalue weighted by atomic mass is 32.3. The molecule has 1 unspecified atom stereocenters. The normalized spacial score (nSPS) is 13.2. The first-order valence-corrected chi connectivity index (χ1v) is 8.77. The van der Waals surface area contributed by atoms with Crippen molar-refractivity contribution < 1.29 is 30.7 Å². The highest BCUT2D eigenvalue weighted by Crippen LogP contribution is 2.51. The van der Waals surface area contributed by atoms with Gasteiger partial charge in [0, 0.05) is 17.9 Å². The molecule has 1 N–H and O–H groups in total. The molecule has 0 spiro atoms. The summed E-state index contributed by atoms with van der Waals surface area (Å²) in [6.07, 6.45) is 0.511. The summed E-state index contributed by atoms with van der Waals surface area (Å²) in [6, 6.07) is 8.53. The monoisotopic (exact) mass is 356 g/mol. The molecule has 1 heterocycles. The van der Waals surface area contributed by atoms with E-state index in [1.165, 1.54) is 0 Å². The van der Waals surface area contributed by atoms with E-state index in [-0.39, 0.29) is 5.92 Å². The third kappa shape index (κ3) is 5.91.